The third-order valence-electron chi connectivity index (χ3n) is 2.60. The summed E-state index contributed by atoms with van der Waals surface area (Å²) >= 11 is 5.91. The Labute approximate surface area is 115 Å². The van der Waals surface area contributed by atoms with E-state index in [2.05, 4.69) is 15.3 Å². The van der Waals surface area contributed by atoms with E-state index >= 15 is 0 Å². The predicted molar refractivity (Wildman–Crippen MR) is 73.8 cm³/mol. The van der Waals surface area contributed by atoms with Crippen molar-refractivity contribution in [3.63, 3.8) is 0 Å². The second-order valence-corrected chi connectivity index (χ2v) is 4.51. The maximum Gasteiger partial charge on any atom is 0.271 e. The summed E-state index contributed by atoms with van der Waals surface area (Å²) in [7, 11) is 0. The number of aromatic nitrogens is 2. The molecule has 1 unspecified atom stereocenters. The van der Waals surface area contributed by atoms with Crippen LogP contribution < -0.4 is 11.1 Å². The number of halogens is 1. The quantitative estimate of drug-likeness (QED) is 0.900. The number of nitrogens with one attached hydrogen (secondary N) is 1. The molecule has 0 bridgehead atoms. The number of anilines is 1. The highest BCUT2D eigenvalue weighted by Crippen LogP contribution is 2.17. The second kappa shape index (κ2) is 5.67. The van der Waals surface area contributed by atoms with Gasteiger partial charge in [0.1, 0.15) is 11.5 Å². The first-order valence-corrected chi connectivity index (χ1v) is 6.08. The molecule has 5 nitrogen and oxygen atoms in total. The van der Waals surface area contributed by atoms with Crippen LogP contribution in [0.5, 0.6) is 0 Å². The van der Waals surface area contributed by atoms with Crippen LogP contribution in [0.1, 0.15) is 29.0 Å². The van der Waals surface area contributed by atoms with Gasteiger partial charge in [-0.15, -0.1) is 0 Å². The Hall–Kier alpha value is -2.14. The van der Waals surface area contributed by atoms with E-state index in [0.29, 0.717) is 5.02 Å². The van der Waals surface area contributed by atoms with Crippen LogP contribution in [0.15, 0.2) is 36.7 Å². The predicted octanol–water partition coefficient (Wildman–Crippen LogP) is 2.20. The molecule has 2 rings (SSSR count). The number of benzene rings is 1. The molecular weight excluding hydrogens is 264 g/mol. The minimum Gasteiger partial charge on any atom is -0.382 e. The van der Waals surface area contributed by atoms with Crippen LogP contribution in [-0.2, 0) is 0 Å². The van der Waals surface area contributed by atoms with Crippen molar-refractivity contribution in [2.75, 3.05) is 5.73 Å². The maximum absolute atomic E-state index is 11.9. The van der Waals surface area contributed by atoms with E-state index in [-0.39, 0.29) is 23.5 Å². The Morgan fingerprint density at radius 1 is 1.37 bits per heavy atom. The van der Waals surface area contributed by atoms with Crippen LogP contribution in [0, 0.1) is 0 Å². The van der Waals surface area contributed by atoms with Crippen molar-refractivity contribution >= 4 is 23.3 Å². The fourth-order valence-corrected chi connectivity index (χ4v) is 1.78. The summed E-state index contributed by atoms with van der Waals surface area (Å²) in [4.78, 5) is 19.7. The molecule has 1 aromatic heterocycles. The van der Waals surface area contributed by atoms with Gasteiger partial charge in [0, 0.05) is 5.02 Å². The highest BCUT2D eigenvalue weighted by Gasteiger charge is 2.12. The van der Waals surface area contributed by atoms with Gasteiger partial charge in [-0.2, -0.15) is 0 Å². The largest absolute Gasteiger partial charge is 0.382 e. The minimum absolute atomic E-state index is 0.175. The van der Waals surface area contributed by atoms with Gasteiger partial charge in [0.2, 0.25) is 0 Å². The molecule has 1 amide bonds. The molecule has 2 aromatic rings. The van der Waals surface area contributed by atoms with Crippen molar-refractivity contribution in [3.8, 4) is 0 Å². The molecular formula is C13H13ClN4O. The number of amides is 1. The lowest BCUT2D eigenvalue weighted by Gasteiger charge is -2.14. The van der Waals surface area contributed by atoms with E-state index < -0.39 is 0 Å². The van der Waals surface area contributed by atoms with Crippen LogP contribution in [0.2, 0.25) is 5.02 Å². The van der Waals surface area contributed by atoms with Crippen molar-refractivity contribution in [1.82, 2.24) is 15.3 Å². The molecule has 0 radical (unpaired) electrons. The summed E-state index contributed by atoms with van der Waals surface area (Å²) in [5.74, 6) is -0.0283. The van der Waals surface area contributed by atoms with E-state index in [9.17, 15) is 4.79 Å². The molecule has 3 N–H and O–H groups in total. The third kappa shape index (κ3) is 3.42. The minimum atomic E-state index is -0.306. The summed E-state index contributed by atoms with van der Waals surface area (Å²) < 4.78 is 0. The molecule has 0 spiro atoms. The molecule has 19 heavy (non-hydrogen) atoms. The van der Waals surface area contributed by atoms with Gasteiger partial charge in [-0.1, -0.05) is 23.7 Å². The number of rotatable bonds is 3. The molecule has 1 heterocycles. The molecule has 1 aromatic carbocycles. The molecule has 0 aliphatic heterocycles. The van der Waals surface area contributed by atoms with Crippen LogP contribution in [0.4, 0.5) is 5.82 Å². The lowest BCUT2D eigenvalue weighted by Crippen LogP contribution is -2.27. The van der Waals surface area contributed by atoms with Crippen LogP contribution in [-0.4, -0.2) is 15.9 Å². The van der Waals surface area contributed by atoms with Gasteiger partial charge in [-0.25, -0.2) is 9.97 Å². The van der Waals surface area contributed by atoms with Gasteiger partial charge in [0.15, 0.2) is 0 Å². The van der Waals surface area contributed by atoms with Crippen molar-refractivity contribution in [1.29, 1.82) is 0 Å². The third-order valence-corrected chi connectivity index (χ3v) is 2.84. The van der Waals surface area contributed by atoms with Gasteiger partial charge >= 0.3 is 0 Å². The van der Waals surface area contributed by atoms with Gasteiger partial charge < -0.3 is 11.1 Å². The number of hydrogen-bond donors (Lipinski definition) is 2. The van der Waals surface area contributed by atoms with E-state index in [4.69, 9.17) is 17.3 Å². The summed E-state index contributed by atoms with van der Waals surface area (Å²) in [6.45, 7) is 1.87. The van der Waals surface area contributed by atoms with E-state index in [1.807, 2.05) is 19.1 Å². The molecule has 0 saturated heterocycles. The maximum atomic E-state index is 11.9. The fourth-order valence-electron chi connectivity index (χ4n) is 1.59. The average Bonchev–Trinajstić information content (AvgIpc) is 2.39. The first-order chi connectivity index (χ1) is 9.06. The van der Waals surface area contributed by atoms with Crippen molar-refractivity contribution in [2.24, 2.45) is 0 Å². The molecule has 0 aliphatic rings. The van der Waals surface area contributed by atoms with E-state index in [1.165, 1.54) is 12.4 Å². The van der Waals surface area contributed by atoms with E-state index in [1.54, 1.807) is 12.1 Å². The highest BCUT2D eigenvalue weighted by atomic mass is 35.5. The summed E-state index contributed by atoms with van der Waals surface area (Å²) in [6, 6.07) is 7.15. The zero-order valence-electron chi connectivity index (χ0n) is 10.3. The van der Waals surface area contributed by atoms with Crippen LogP contribution in [0.25, 0.3) is 0 Å². The second-order valence-electron chi connectivity index (χ2n) is 4.08. The average molecular weight is 277 g/mol. The molecule has 98 valence electrons. The number of carbonyl (C=O) groups excluding carboxylic acids is 1. The Kier molecular flexibility index (Phi) is 3.97. The Morgan fingerprint density at radius 2 is 2.16 bits per heavy atom. The molecule has 0 saturated carbocycles. The molecule has 0 fully saturated rings. The number of carbonyl (C=O) groups is 1. The van der Waals surface area contributed by atoms with Crippen molar-refractivity contribution in [2.45, 2.75) is 13.0 Å². The Morgan fingerprint density at radius 3 is 2.79 bits per heavy atom. The van der Waals surface area contributed by atoms with E-state index in [0.717, 1.165) is 5.56 Å². The Balaban J connectivity index is 2.08. The SMILES string of the molecule is CC(NC(=O)c1cnc(N)cn1)c1cccc(Cl)c1. The van der Waals surface area contributed by atoms with Gasteiger partial charge in [-0.05, 0) is 24.6 Å². The number of hydrogen-bond acceptors (Lipinski definition) is 4. The first kappa shape index (κ1) is 13.3. The number of nitrogen functional groups attached to an aromatic ring is 1. The Bertz CT molecular complexity index is 585. The highest BCUT2D eigenvalue weighted by molar-refractivity contribution is 6.30. The normalized spacial score (nSPS) is 11.9. The van der Waals surface area contributed by atoms with Crippen molar-refractivity contribution in [3.05, 3.63) is 52.9 Å². The fraction of sp³-hybridized carbons (Fsp3) is 0.154. The monoisotopic (exact) mass is 276 g/mol. The van der Waals surface area contributed by atoms with Crippen LogP contribution in [0.3, 0.4) is 0 Å². The van der Waals surface area contributed by atoms with Gasteiger partial charge in [-0.3, -0.25) is 4.79 Å². The lowest BCUT2D eigenvalue weighted by atomic mass is 10.1. The number of nitrogens with zero attached hydrogens (tertiary/aromatic N) is 2. The van der Waals surface area contributed by atoms with Crippen LogP contribution >= 0.6 is 11.6 Å². The molecule has 1 atom stereocenters. The summed E-state index contributed by atoms with van der Waals surface area (Å²) in [5.41, 5.74) is 6.56. The van der Waals surface area contributed by atoms with Gasteiger partial charge in [0.25, 0.3) is 5.91 Å². The smallest absolute Gasteiger partial charge is 0.271 e. The standard InChI is InChI=1S/C13H13ClN4O/c1-8(9-3-2-4-10(14)5-9)18-13(19)11-6-17-12(15)7-16-11/h2-8H,1H3,(H2,15,17)(H,18,19). The zero-order valence-corrected chi connectivity index (χ0v) is 11.1. The summed E-state index contributed by atoms with van der Waals surface area (Å²) in [6.07, 6.45) is 2.69. The molecule has 6 heteroatoms. The summed E-state index contributed by atoms with van der Waals surface area (Å²) in [5, 5.41) is 3.45. The lowest BCUT2D eigenvalue weighted by molar-refractivity contribution is 0.0934. The van der Waals surface area contributed by atoms with Crippen molar-refractivity contribution < 1.29 is 4.79 Å². The number of nitrogens with two attached hydrogens (primary N) is 1. The topological polar surface area (TPSA) is 80.9 Å². The van der Waals surface area contributed by atoms with Gasteiger partial charge in [0.05, 0.1) is 18.4 Å². The first-order valence-electron chi connectivity index (χ1n) is 5.70. The molecule has 0 aliphatic carbocycles. The zero-order chi connectivity index (χ0) is 13.8.